The molecule has 94 valence electrons. The minimum absolute atomic E-state index is 0.0141. The average molecular weight is 234 g/mol. The molecule has 0 fully saturated rings. The molecule has 0 heterocycles. The van der Waals surface area contributed by atoms with E-state index in [0.29, 0.717) is 12.1 Å². The molecule has 0 saturated heterocycles. The van der Waals surface area contributed by atoms with Gasteiger partial charge < -0.3 is 11.1 Å². The first-order valence-electron chi connectivity index (χ1n) is 6.16. The van der Waals surface area contributed by atoms with Crippen molar-refractivity contribution in [3.8, 4) is 0 Å². The van der Waals surface area contributed by atoms with E-state index in [1.165, 1.54) is 0 Å². The molecule has 0 radical (unpaired) electrons. The van der Waals surface area contributed by atoms with Crippen LogP contribution in [0, 0.1) is 0 Å². The highest BCUT2D eigenvalue weighted by Gasteiger charge is 2.22. The topological polar surface area (TPSA) is 55.1 Å². The summed E-state index contributed by atoms with van der Waals surface area (Å²) in [6, 6.07) is 7.43. The lowest BCUT2D eigenvalue weighted by molar-refractivity contribution is 0.0901. The van der Waals surface area contributed by atoms with Crippen LogP contribution in [0.5, 0.6) is 0 Å². The Hall–Kier alpha value is -1.35. The molecule has 17 heavy (non-hydrogen) atoms. The van der Waals surface area contributed by atoms with E-state index in [9.17, 15) is 4.79 Å². The largest absolute Gasteiger partial charge is 0.347 e. The number of nitrogens with two attached hydrogens (primary N) is 1. The first-order chi connectivity index (χ1) is 8.04. The summed E-state index contributed by atoms with van der Waals surface area (Å²) in [6.07, 6.45) is 1.85. The minimum Gasteiger partial charge on any atom is -0.347 e. The second-order valence-corrected chi connectivity index (χ2v) is 4.62. The van der Waals surface area contributed by atoms with Gasteiger partial charge in [-0.2, -0.15) is 0 Å². The maximum atomic E-state index is 12.0. The Morgan fingerprint density at radius 2 is 1.76 bits per heavy atom. The molecule has 1 aromatic carbocycles. The molecule has 3 nitrogen and oxygen atoms in total. The summed E-state index contributed by atoms with van der Waals surface area (Å²) in [5, 5.41) is 3.08. The minimum atomic E-state index is -0.121. The third-order valence-electron chi connectivity index (χ3n) is 3.43. The van der Waals surface area contributed by atoms with E-state index in [1.54, 1.807) is 0 Å². The van der Waals surface area contributed by atoms with Crippen molar-refractivity contribution in [3.05, 3.63) is 35.4 Å². The van der Waals surface area contributed by atoms with Gasteiger partial charge in [0.2, 0.25) is 0 Å². The van der Waals surface area contributed by atoms with Crippen molar-refractivity contribution in [2.45, 2.75) is 45.7 Å². The van der Waals surface area contributed by atoms with Crippen LogP contribution in [-0.4, -0.2) is 11.4 Å². The first-order valence-corrected chi connectivity index (χ1v) is 6.16. The predicted molar refractivity (Wildman–Crippen MR) is 70.8 cm³/mol. The van der Waals surface area contributed by atoms with Gasteiger partial charge in [0.15, 0.2) is 0 Å². The molecule has 1 amide bonds. The Morgan fingerprint density at radius 3 is 2.18 bits per heavy atom. The highest BCUT2D eigenvalue weighted by molar-refractivity contribution is 5.94. The molecule has 0 atom stereocenters. The Kier molecular flexibility index (Phi) is 4.70. The SMILES string of the molecule is CCC(C)(CC)NC(=O)c1ccc(CN)cc1. The van der Waals surface area contributed by atoms with Gasteiger partial charge in [0, 0.05) is 17.6 Å². The molecule has 0 aliphatic carbocycles. The Balaban J connectivity index is 2.75. The molecule has 0 unspecified atom stereocenters. The number of amides is 1. The zero-order valence-corrected chi connectivity index (χ0v) is 10.9. The third kappa shape index (κ3) is 3.56. The molecule has 1 aromatic rings. The van der Waals surface area contributed by atoms with Crippen molar-refractivity contribution in [2.24, 2.45) is 5.73 Å². The van der Waals surface area contributed by atoms with Crippen LogP contribution in [0.15, 0.2) is 24.3 Å². The van der Waals surface area contributed by atoms with Gasteiger partial charge in [0.1, 0.15) is 0 Å². The summed E-state index contributed by atoms with van der Waals surface area (Å²) in [5.41, 5.74) is 7.13. The standard InChI is InChI=1S/C14H22N2O/c1-4-14(3,5-2)16-13(17)12-8-6-11(10-15)7-9-12/h6-9H,4-5,10,15H2,1-3H3,(H,16,17). The Bertz CT molecular complexity index is 366. The van der Waals surface area contributed by atoms with E-state index < -0.39 is 0 Å². The van der Waals surface area contributed by atoms with E-state index in [-0.39, 0.29) is 11.4 Å². The predicted octanol–water partition coefficient (Wildman–Crippen LogP) is 2.45. The lowest BCUT2D eigenvalue weighted by atomic mass is 9.95. The summed E-state index contributed by atoms with van der Waals surface area (Å²) in [6.45, 7) is 6.74. The summed E-state index contributed by atoms with van der Waals surface area (Å²) < 4.78 is 0. The van der Waals surface area contributed by atoms with Crippen LogP contribution in [0.1, 0.15) is 49.5 Å². The molecule has 3 N–H and O–H groups in total. The van der Waals surface area contributed by atoms with E-state index in [2.05, 4.69) is 26.1 Å². The first kappa shape index (κ1) is 13.7. The van der Waals surface area contributed by atoms with Gasteiger partial charge in [-0.05, 0) is 37.5 Å². The van der Waals surface area contributed by atoms with Gasteiger partial charge in [0.25, 0.3) is 5.91 Å². The van der Waals surface area contributed by atoms with E-state index in [0.717, 1.165) is 18.4 Å². The van der Waals surface area contributed by atoms with Crippen molar-refractivity contribution in [2.75, 3.05) is 0 Å². The average Bonchev–Trinajstić information content (AvgIpc) is 2.38. The highest BCUT2D eigenvalue weighted by Crippen LogP contribution is 2.15. The quantitative estimate of drug-likeness (QED) is 0.822. The van der Waals surface area contributed by atoms with E-state index in [1.807, 2.05) is 24.3 Å². The lowest BCUT2D eigenvalue weighted by Gasteiger charge is -2.28. The number of benzene rings is 1. The van der Waals surface area contributed by atoms with Crippen LogP contribution in [-0.2, 0) is 6.54 Å². The van der Waals surface area contributed by atoms with Gasteiger partial charge in [-0.3, -0.25) is 4.79 Å². The summed E-state index contributed by atoms with van der Waals surface area (Å²) >= 11 is 0. The number of nitrogens with one attached hydrogen (secondary N) is 1. The van der Waals surface area contributed by atoms with Crippen molar-refractivity contribution in [1.29, 1.82) is 0 Å². The smallest absolute Gasteiger partial charge is 0.251 e. The van der Waals surface area contributed by atoms with Crippen LogP contribution in [0.25, 0.3) is 0 Å². The maximum Gasteiger partial charge on any atom is 0.251 e. The van der Waals surface area contributed by atoms with Crippen molar-refractivity contribution in [1.82, 2.24) is 5.32 Å². The second kappa shape index (κ2) is 5.82. The van der Waals surface area contributed by atoms with Gasteiger partial charge in [-0.15, -0.1) is 0 Å². The molecule has 1 rings (SSSR count). The number of carbonyl (C=O) groups excluding carboxylic acids is 1. The Labute approximate surface area is 103 Å². The van der Waals surface area contributed by atoms with Gasteiger partial charge in [0.05, 0.1) is 0 Å². The normalized spacial score (nSPS) is 11.3. The van der Waals surface area contributed by atoms with Gasteiger partial charge in [-0.1, -0.05) is 26.0 Å². The zero-order valence-electron chi connectivity index (χ0n) is 10.9. The molecule has 0 spiro atoms. The third-order valence-corrected chi connectivity index (χ3v) is 3.43. The Morgan fingerprint density at radius 1 is 1.24 bits per heavy atom. The lowest BCUT2D eigenvalue weighted by Crippen LogP contribution is -2.44. The number of carbonyl (C=O) groups is 1. The fraction of sp³-hybridized carbons (Fsp3) is 0.500. The molecular weight excluding hydrogens is 212 g/mol. The monoisotopic (exact) mass is 234 g/mol. The number of hydrogen-bond acceptors (Lipinski definition) is 2. The highest BCUT2D eigenvalue weighted by atomic mass is 16.1. The van der Waals surface area contributed by atoms with Gasteiger partial charge >= 0.3 is 0 Å². The number of hydrogen-bond donors (Lipinski definition) is 2. The van der Waals surface area contributed by atoms with Crippen LogP contribution in [0.3, 0.4) is 0 Å². The van der Waals surface area contributed by atoms with Crippen LogP contribution < -0.4 is 11.1 Å². The maximum absolute atomic E-state index is 12.0. The van der Waals surface area contributed by atoms with Gasteiger partial charge in [-0.25, -0.2) is 0 Å². The van der Waals surface area contributed by atoms with Crippen molar-refractivity contribution in [3.63, 3.8) is 0 Å². The van der Waals surface area contributed by atoms with Crippen LogP contribution >= 0.6 is 0 Å². The molecule has 0 aromatic heterocycles. The molecule has 0 saturated carbocycles. The molecule has 0 aliphatic rings. The molecule has 0 aliphatic heterocycles. The fourth-order valence-corrected chi connectivity index (χ4v) is 1.57. The van der Waals surface area contributed by atoms with E-state index in [4.69, 9.17) is 5.73 Å². The summed E-state index contributed by atoms with van der Waals surface area (Å²) in [7, 11) is 0. The molecule has 3 heteroatoms. The molecular formula is C14H22N2O. The van der Waals surface area contributed by atoms with Crippen molar-refractivity contribution < 1.29 is 4.79 Å². The number of rotatable bonds is 5. The zero-order chi connectivity index (χ0) is 12.9. The summed E-state index contributed by atoms with van der Waals surface area (Å²) in [4.78, 5) is 12.0. The summed E-state index contributed by atoms with van der Waals surface area (Å²) in [5.74, 6) is -0.0141. The molecule has 0 bridgehead atoms. The van der Waals surface area contributed by atoms with E-state index >= 15 is 0 Å². The van der Waals surface area contributed by atoms with Crippen LogP contribution in [0.2, 0.25) is 0 Å². The van der Waals surface area contributed by atoms with Crippen LogP contribution in [0.4, 0.5) is 0 Å². The fourth-order valence-electron chi connectivity index (χ4n) is 1.57. The second-order valence-electron chi connectivity index (χ2n) is 4.62. The van der Waals surface area contributed by atoms with Crippen molar-refractivity contribution >= 4 is 5.91 Å².